The summed E-state index contributed by atoms with van der Waals surface area (Å²) in [5.74, 6) is -0.334. The van der Waals surface area contributed by atoms with Crippen molar-refractivity contribution in [3.8, 4) is 0 Å². The highest BCUT2D eigenvalue weighted by Gasteiger charge is 2.31. The Morgan fingerprint density at radius 1 is 1.27 bits per heavy atom. The monoisotopic (exact) mass is 364 g/mol. The maximum atomic E-state index is 13.4. The lowest BCUT2D eigenvalue weighted by molar-refractivity contribution is -0.137. The molecule has 26 heavy (non-hydrogen) atoms. The smallest absolute Gasteiger partial charge is 0.410 e. The lowest BCUT2D eigenvalue weighted by atomic mass is 9.95. The standard InChI is InChI=1S/C20H29FN2O3/c1-5-22(14-15-7-6-8-17(21)13-15)18(24)16-9-11-23(12-10-16)19(25)26-20(2,3)4/h6-8,13,16H,5,9-12,14H2,1-4H3. The zero-order chi connectivity index (χ0) is 19.3. The van der Waals surface area contributed by atoms with E-state index in [0.29, 0.717) is 39.0 Å². The first-order chi connectivity index (χ1) is 12.2. The average molecular weight is 364 g/mol. The highest BCUT2D eigenvalue weighted by molar-refractivity contribution is 5.79. The van der Waals surface area contributed by atoms with Crippen LogP contribution in [0.4, 0.5) is 9.18 Å². The van der Waals surface area contributed by atoms with Crippen molar-refractivity contribution in [3.05, 3.63) is 35.6 Å². The van der Waals surface area contributed by atoms with Gasteiger partial charge in [-0.2, -0.15) is 0 Å². The summed E-state index contributed by atoms with van der Waals surface area (Å²) >= 11 is 0. The summed E-state index contributed by atoms with van der Waals surface area (Å²) in [7, 11) is 0. The van der Waals surface area contributed by atoms with Crippen LogP contribution in [-0.2, 0) is 16.1 Å². The molecule has 0 N–H and O–H groups in total. The highest BCUT2D eigenvalue weighted by atomic mass is 19.1. The number of hydrogen-bond donors (Lipinski definition) is 0. The number of hydrogen-bond acceptors (Lipinski definition) is 3. The fourth-order valence-corrected chi connectivity index (χ4v) is 3.09. The number of piperidine rings is 1. The second-order valence-electron chi connectivity index (χ2n) is 7.72. The van der Waals surface area contributed by atoms with Crippen LogP contribution in [0.15, 0.2) is 24.3 Å². The van der Waals surface area contributed by atoms with Crippen LogP contribution in [0.5, 0.6) is 0 Å². The van der Waals surface area contributed by atoms with Crippen molar-refractivity contribution < 1.29 is 18.7 Å². The van der Waals surface area contributed by atoms with E-state index >= 15 is 0 Å². The number of nitrogens with zero attached hydrogens (tertiary/aromatic N) is 2. The molecule has 1 aromatic rings. The van der Waals surface area contributed by atoms with Crippen LogP contribution in [0.1, 0.15) is 46.1 Å². The van der Waals surface area contributed by atoms with E-state index in [-0.39, 0.29) is 23.7 Å². The molecule has 0 atom stereocenters. The van der Waals surface area contributed by atoms with E-state index in [1.54, 1.807) is 15.9 Å². The van der Waals surface area contributed by atoms with Gasteiger partial charge in [-0.05, 0) is 58.2 Å². The third-order valence-corrected chi connectivity index (χ3v) is 4.45. The minimum atomic E-state index is -0.520. The van der Waals surface area contributed by atoms with Crippen LogP contribution in [0.25, 0.3) is 0 Å². The predicted octanol–water partition coefficient (Wildman–Crippen LogP) is 3.82. The fourth-order valence-electron chi connectivity index (χ4n) is 3.09. The van der Waals surface area contributed by atoms with E-state index in [1.807, 2.05) is 33.8 Å². The minimum Gasteiger partial charge on any atom is -0.444 e. The molecule has 1 fully saturated rings. The predicted molar refractivity (Wildman–Crippen MR) is 98.0 cm³/mol. The first kappa shape index (κ1) is 20.2. The Labute approximate surface area is 155 Å². The van der Waals surface area contributed by atoms with Gasteiger partial charge in [0.15, 0.2) is 0 Å². The fraction of sp³-hybridized carbons (Fsp3) is 0.600. The van der Waals surface area contributed by atoms with Gasteiger partial charge in [-0.1, -0.05) is 12.1 Å². The van der Waals surface area contributed by atoms with Gasteiger partial charge in [-0.15, -0.1) is 0 Å². The van der Waals surface area contributed by atoms with Crippen LogP contribution in [0.3, 0.4) is 0 Å². The third kappa shape index (κ3) is 5.71. The summed E-state index contributed by atoms with van der Waals surface area (Å²) < 4.78 is 18.7. The second-order valence-corrected chi connectivity index (χ2v) is 7.72. The van der Waals surface area contributed by atoms with Crippen LogP contribution in [0, 0.1) is 11.7 Å². The van der Waals surface area contributed by atoms with Gasteiger partial charge in [-0.3, -0.25) is 4.79 Å². The van der Waals surface area contributed by atoms with E-state index in [2.05, 4.69) is 0 Å². The number of amides is 2. The molecule has 0 aliphatic carbocycles. The molecule has 1 aromatic carbocycles. The summed E-state index contributed by atoms with van der Waals surface area (Å²) in [6.07, 6.45) is 0.922. The molecule has 0 aromatic heterocycles. The molecule has 144 valence electrons. The zero-order valence-corrected chi connectivity index (χ0v) is 16.1. The molecule has 1 heterocycles. The summed E-state index contributed by atoms with van der Waals surface area (Å²) in [6, 6.07) is 6.33. The Bertz CT molecular complexity index is 634. The van der Waals surface area contributed by atoms with Crippen LogP contribution >= 0.6 is 0 Å². The molecule has 0 unspecified atom stereocenters. The van der Waals surface area contributed by atoms with Crippen LogP contribution in [-0.4, -0.2) is 47.0 Å². The normalized spacial score (nSPS) is 15.7. The Kier molecular flexibility index (Phi) is 6.62. The van der Waals surface area contributed by atoms with Crippen molar-refractivity contribution in [2.75, 3.05) is 19.6 Å². The number of carbonyl (C=O) groups is 2. The Hall–Kier alpha value is -2.11. The zero-order valence-electron chi connectivity index (χ0n) is 16.1. The summed E-state index contributed by atoms with van der Waals surface area (Å²) in [5.41, 5.74) is 0.264. The Morgan fingerprint density at radius 3 is 2.46 bits per heavy atom. The number of carbonyl (C=O) groups excluding carboxylic acids is 2. The van der Waals surface area contributed by atoms with Gasteiger partial charge >= 0.3 is 6.09 Å². The molecule has 6 heteroatoms. The van der Waals surface area contributed by atoms with E-state index in [0.717, 1.165) is 5.56 Å². The number of halogens is 1. The van der Waals surface area contributed by atoms with Crippen molar-refractivity contribution in [2.45, 2.75) is 52.7 Å². The van der Waals surface area contributed by atoms with Crippen molar-refractivity contribution in [2.24, 2.45) is 5.92 Å². The van der Waals surface area contributed by atoms with Crippen molar-refractivity contribution >= 4 is 12.0 Å². The second kappa shape index (κ2) is 8.52. The first-order valence-electron chi connectivity index (χ1n) is 9.20. The number of likely N-dealkylation sites (tertiary alicyclic amines) is 1. The molecule has 1 aliphatic rings. The van der Waals surface area contributed by atoms with Crippen molar-refractivity contribution in [1.29, 1.82) is 0 Å². The van der Waals surface area contributed by atoms with E-state index < -0.39 is 5.60 Å². The number of benzene rings is 1. The Morgan fingerprint density at radius 2 is 1.92 bits per heavy atom. The van der Waals surface area contributed by atoms with Gasteiger partial charge < -0.3 is 14.5 Å². The molecular weight excluding hydrogens is 335 g/mol. The molecule has 1 saturated heterocycles. The molecule has 5 nitrogen and oxygen atoms in total. The molecule has 2 amide bonds. The van der Waals surface area contributed by atoms with Gasteiger partial charge in [0, 0.05) is 32.1 Å². The number of rotatable bonds is 4. The summed E-state index contributed by atoms with van der Waals surface area (Å²) in [6.45, 7) is 9.45. The molecule has 0 bridgehead atoms. The van der Waals surface area contributed by atoms with Gasteiger partial charge in [-0.25, -0.2) is 9.18 Å². The lowest BCUT2D eigenvalue weighted by Crippen LogP contribution is -2.45. The van der Waals surface area contributed by atoms with Crippen molar-refractivity contribution in [1.82, 2.24) is 9.80 Å². The topological polar surface area (TPSA) is 49.9 Å². The van der Waals surface area contributed by atoms with Gasteiger partial charge in [0.05, 0.1) is 0 Å². The molecule has 2 rings (SSSR count). The van der Waals surface area contributed by atoms with Crippen LogP contribution in [0.2, 0.25) is 0 Å². The number of ether oxygens (including phenoxy) is 1. The molecular formula is C20H29FN2O3. The van der Waals surface area contributed by atoms with Gasteiger partial charge in [0.2, 0.25) is 5.91 Å². The van der Waals surface area contributed by atoms with Crippen molar-refractivity contribution in [3.63, 3.8) is 0 Å². The van der Waals surface area contributed by atoms with E-state index in [9.17, 15) is 14.0 Å². The highest BCUT2D eigenvalue weighted by Crippen LogP contribution is 2.22. The molecule has 0 radical (unpaired) electrons. The maximum absolute atomic E-state index is 13.4. The van der Waals surface area contributed by atoms with Gasteiger partial charge in [0.1, 0.15) is 11.4 Å². The van der Waals surface area contributed by atoms with E-state index in [1.165, 1.54) is 12.1 Å². The van der Waals surface area contributed by atoms with Gasteiger partial charge in [0.25, 0.3) is 0 Å². The first-order valence-corrected chi connectivity index (χ1v) is 9.20. The molecule has 1 aliphatic heterocycles. The lowest BCUT2D eigenvalue weighted by Gasteiger charge is -2.35. The SMILES string of the molecule is CCN(Cc1cccc(F)c1)C(=O)C1CCN(C(=O)OC(C)(C)C)CC1. The molecule has 0 spiro atoms. The molecule has 0 saturated carbocycles. The maximum Gasteiger partial charge on any atom is 0.410 e. The quantitative estimate of drug-likeness (QED) is 0.816. The Balaban J connectivity index is 1.90. The third-order valence-electron chi connectivity index (χ3n) is 4.45. The summed E-state index contributed by atoms with van der Waals surface area (Å²) in [5, 5.41) is 0. The van der Waals surface area contributed by atoms with E-state index in [4.69, 9.17) is 4.74 Å². The van der Waals surface area contributed by atoms with Crippen LogP contribution < -0.4 is 0 Å². The average Bonchev–Trinajstić information content (AvgIpc) is 2.58. The largest absolute Gasteiger partial charge is 0.444 e. The summed E-state index contributed by atoms with van der Waals surface area (Å²) in [4.78, 5) is 28.4. The minimum absolute atomic E-state index is 0.0700.